The van der Waals surface area contributed by atoms with Gasteiger partial charge in [-0.2, -0.15) is 0 Å². The van der Waals surface area contributed by atoms with E-state index >= 15 is 0 Å². The quantitative estimate of drug-likeness (QED) is 0.772. The molecule has 0 spiro atoms. The lowest BCUT2D eigenvalue weighted by atomic mass is 9.92. The van der Waals surface area contributed by atoms with Gasteiger partial charge in [-0.3, -0.25) is 0 Å². The minimum absolute atomic E-state index is 0.0869. The highest BCUT2D eigenvalue weighted by Crippen LogP contribution is 2.23. The molecule has 1 atom stereocenters. The first-order valence-corrected chi connectivity index (χ1v) is 4.93. The van der Waals surface area contributed by atoms with Crippen molar-refractivity contribution >= 4 is 0 Å². The first kappa shape index (κ1) is 11.2. The smallest absolute Gasteiger partial charge is 0.0609 e. The highest BCUT2D eigenvalue weighted by atomic mass is 16.3. The normalized spacial score (nSPS) is 14.1. The maximum absolute atomic E-state index is 9.66. The van der Waals surface area contributed by atoms with Crippen LogP contribution in [0.15, 0.2) is 24.3 Å². The van der Waals surface area contributed by atoms with E-state index in [4.69, 9.17) is 5.73 Å². The Bertz CT molecular complexity index is 301. The van der Waals surface area contributed by atoms with Gasteiger partial charge in [0.05, 0.1) is 5.60 Å². The van der Waals surface area contributed by atoms with E-state index in [1.165, 1.54) is 5.56 Å². The standard InChI is InChI=1S/C12H19NO/c1-9-6-4-5-7-10(9)11(13)8-12(2,3)14/h4-7,11,14H,8,13H2,1-3H3. The number of aryl methyl sites for hydroxylation is 1. The van der Waals surface area contributed by atoms with Gasteiger partial charge in [-0.25, -0.2) is 0 Å². The van der Waals surface area contributed by atoms with Gasteiger partial charge in [0.25, 0.3) is 0 Å². The topological polar surface area (TPSA) is 46.2 Å². The summed E-state index contributed by atoms with van der Waals surface area (Å²) in [7, 11) is 0. The fraction of sp³-hybridized carbons (Fsp3) is 0.500. The van der Waals surface area contributed by atoms with Gasteiger partial charge in [-0.15, -0.1) is 0 Å². The average molecular weight is 193 g/mol. The van der Waals surface area contributed by atoms with Crippen LogP contribution in [-0.4, -0.2) is 10.7 Å². The average Bonchev–Trinajstić information content (AvgIpc) is 2.01. The van der Waals surface area contributed by atoms with Crippen molar-refractivity contribution < 1.29 is 5.11 Å². The van der Waals surface area contributed by atoms with E-state index in [9.17, 15) is 5.11 Å². The molecule has 14 heavy (non-hydrogen) atoms. The molecule has 1 aromatic carbocycles. The molecule has 0 saturated heterocycles. The molecule has 1 unspecified atom stereocenters. The van der Waals surface area contributed by atoms with E-state index in [1.807, 2.05) is 31.2 Å². The zero-order valence-electron chi connectivity index (χ0n) is 9.12. The van der Waals surface area contributed by atoms with Crippen molar-refractivity contribution in [3.8, 4) is 0 Å². The van der Waals surface area contributed by atoms with Crippen LogP contribution < -0.4 is 5.73 Å². The molecule has 0 amide bonds. The van der Waals surface area contributed by atoms with Gasteiger partial charge in [0.15, 0.2) is 0 Å². The van der Waals surface area contributed by atoms with E-state index in [-0.39, 0.29) is 6.04 Å². The summed E-state index contributed by atoms with van der Waals surface area (Å²) >= 11 is 0. The SMILES string of the molecule is Cc1ccccc1C(N)CC(C)(C)O. The van der Waals surface area contributed by atoms with Gasteiger partial charge in [0.1, 0.15) is 0 Å². The van der Waals surface area contributed by atoms with Gasteiger partial charge < -0.3 is 10.8 Å². The van der Waals surface area contributed by atoms with Crippen LogP contribution in [0.3, 0.4) is 0 Å². The van der Waals surface area contributed by atoms with Crippen LogP contribution in [-0.2, 0) is 0 Å². The summed E-state index contributed by atoms with van der Waals surface area (Å²) in [6.45, 7) is 5.61. The van der Waals surface area contributed by atoms with Crippen LogP contribution in [0.2, 0.25) is 0 Å². The highest BCUT2D eigenvalue weighted by Gasteiger charge is 2.19. The van der Waals surface area contributed by atoms with Gasteiger partial charge in [-0.1, -0.05) is 24.3 Å². The molecule has 0 aliphatic carbocycles. The van der Waals surface area contributed by atoms with Crippen LogP contribution in [0.25, 0.3) is 0 Å². The zero-order valence-corrected chi connectivity index (χ0v) is 9.12. The van der Waals surface area contributed by atoms with E-state index in [0.29, 0.717) is 6.42 Å². The molecule has 0 fully saturated rings. The molecule has 0 heterocycles. The fourth-order valence-corrected chi connectivity index (χ4v) is 1.65. The lowest BCUT2D eigenvalue weighted by Gasteiger charge is -2.23. The summed E-state index contributed by atoms with van der Waals surface area (Å²) in [5.41, 5.74) is 7.62. The summed E-state index contributed by atoms with van der Waals surface area (Å²) in [4.78, 5) is 0. The number of aliphatic hydroxyl groups is 1. The van der Waals surface area contributed by atoms with E-state index in [1.54, 1.807) is 13.8 Å². The van der Waals surface area contributed by atoms with Crippen molar-refractivity contribution in [3.05, 3.63) is 35.4 Å². The first-order valence-electron chi connectivity index (χ1n) is 4.93. The van der Waals surface area contributed by atoms with Crippen LogP contribution in [0, 0.1) is 6.92 Å². The Kier molecular flexibility index (Phi) is 3.29. The molecule has 1 rings (SSSR count). The molecular weight excluding hydrogens is 174 g/mol. The van der Waals surface area contributed by atoms with Crippen LogP contribution in [0.5, 0.6) is 0 Å². The maximum Gasteiger partial charge on any atom is 0.0609 e. The predicted molar refractivity (Wildman–Crippen MR) is 59.0 cm³/mol. The molecule has 2 nitrogen and oxygen atoms in total. The molecule has 0 aliphatic rings. The first-order chi connectivity index (χ1) is 6.40. The molecule has 0 aliphatic heterocycles. The fourth-order valence-electron chi connectivity index (χ4n) is 1.65. The van der Waals surface area contributed by atoms with E-state index in [0.717, 1.165) is 5.56 Å². The van der Waals surface area contributed by atoms with Crippen LogP contribution in [0.1, 0.15) is 37.4 Å². The summed E-state index contributed by atoms with van der Waals surface area (Å²) in [6, 6.07) is 7.95. The Morgan fingerprint density at radius 2 is 1.93 bits per heavy atom. The minimum atomic E-state index is -0.707. The van der Waals surface area contributed by atoms with Crippen LogP contribution >= 0.6 is 0 Å². The molecule has 78 valence electrons. The number of nitrogens with two attached hydrogens (primary N) is 1. The van der Waals surface area contributed by atoms with Crippen molar-refractivity contribution in [2.24, 2.45) is 5.73 Å². The van der Waals surface area contributed by atoms with Crippen molar-refractivity contribution in [3.63, 3.8) is 0 Å². The van der Waals surface area contributed by atoms with Crippen molar-refractivity contribution in [2.75, 3.05) is 0 Å². The second-order valence-corrected chi connectivity index (χ2v) is 4.48. The highest BCUT2D eigenvalue weighted by molar-refractivity contribution is 5.28. The molecule has 0 saturated carbocycles. The predicted octanol–water partition coefficient (Wildman–Crippen LogP) is 2.16. The third-order valence-corrected chi connectivity index (χ3v) is 2.31. The van der Waals surface area contributed by atoms with Crippen LogP contribution in [0.4, 0.5) is 0 Å². The van der Waals surface area contributed by atoms with Gasteiger partial charge in [-0.05, 0) is 38.3 Å². The largest absolute Gasteiger partial charge is 0.390 e. The lowest BCUT2D eigenvalue weighted by Crippen LogP contribution is -2.26. The van der Waals surface area contributed by atoms with Gasteiger partial charge >= 0.3 is 0 Å². The molecular formula is C12H19NO. The number of rotatable bonds is 3. The number of hydrogen-bond acceptors (Lipinski definition) is 2. The molecule has 0 bridgehead atoms. The third kappa shape index (κ3) is 3.13. The second-order valence-electron chi connectivity index (χ2n) is 4.48. The zero-order chi connectivity index (χ0) is 10.8. The monoisotopic (exact) mass is 193 g/mol. The molecule has 1 aromatic rings. The molecule has 2 heteroatoms. The second kappa shape index (κ2) is 4.11. The Hall–Kier alpha value is -0.860. The van der Waals surface area contributed by atoms with Gasteiger partial charge in [0, 0.05) is 6.04 Å². The van der Waals surface area contributed by atoms with Crippen molar-refractivity contribution in [2.45, 2.75) is 38.8 Å². The Balaban J connectivity index is 2.80. The van der Waals surface area contributed by atoms with Crippen molar-refractivity contribution in [1.29, 1.82) is 0 Å². The van der Waals surface area contributed by atoms with E-state index in [2.05, 4.69) is 0 Å². The number of benzene rings is 1. The molecule has 3 N–H and O–H groups in total. The Labute approximate surface area is 85.8 Å². The summed E-state index contributed by atoms with van der Waals surface area (Å²) in [5.74, 6) is 0. The minimum Gasteiger partial charge on any atom is -0.390 e. The van der Waals surface area contributed by atoms with Gasteiger partial charge in [0.2, 0.25) is 0 Å². The maximum atomic E-state index is 9.66. The van der Waals surface area contributed by atoms with E-state index < -0.39 is 5.60 Å². The summed E-state index contributed by atoms with van der Waals surface area (Å²) < 4.78 is 0. The summed E-state index contributed by atoms with van der Waals surface area (Å²) in [5, 5.41) is 9.66. The molecule has 0 aromatic heterocycles. The molecule has 0 radical (unpaired) electrons. The lowest BCUT2D eigenvalue weighted by molar-refractivity contribution is 0.0635. The number of hydrogen-bond donors (Lipinski definition) is 2. The summed E-state index contributed by atoms with van der Waals surface area (Å²) in [6.07, 6.45) is 0.581. The third-order valence-electron chi connectivity index (χ3n) is 2.31. The van der Waals surface area contributed by atoms with Crippen molar-refractivity contribution in [1.82, 2.24) is 0 Å². The Morgan fingerprint density at radius 1 is 1.36 bits per heavy atom. The Morgan fingerprint density at radius 3 is 2.43 bits per heavy atom.